The van der Waals surface area contributed by atoms with Crippen LogP contribution in [0.5, 0.6) is 0 Å². The monoisotopic (exact) mass is 459 g/mol. The fourth-order valence-corrected chi connectivity index (χ4v) is 4.12. The number of amides is 3. The predicted octanol–water partition coefficient (Wildman–Crippen LogP) is 4.49. The van der Waals surface area contributed by atoms with E-state index in [2.05, 4.69) is 10.6 Å². The fraction of sp³-hybridized carbons (Fsp3) is 0.654. The van der Waals surface area contributed by atoms with Crippen LogP contribution in [0.4, 0.5) is 4.79 Å². The molecule has 7 heteroatoms. The number of nitrogens with zero attached hydrogens (tertiary/aromatic N) is 1. The van der Waals surface area contributed by atoms with Gasteiger partial charge >= 0.3 is 6.09 Å². The molecule has 184 valence electrons. The predicted molar refractivity (Wildman–Crippen MR) is 130 cm³/mol. The van der Waals surface area contributed by atoms with Crippen LogP contribution in [-0.4, -0.2) is 47.5 Å². The minimum Gasteiger partial charge on any atom is -0.444 e. The van der Waals surface area contributed by atoms with Gasteiger partial charge in [-0.15, -0.1) is 0 Å². The molecule has 2 unspecified atom stereocenters. The molecule has 2 N–H and O–H groups in total. The number of hydrogen-bond donors (Lipinski definition) is 2. The molecule has 0 aromatic heterocycles. The molecule has 33 heavy (non-hydrogen) atoms. The number of benzene rings is 1. The van der Waals surface area contributed by atoms with E-state index in [0.29, 0.717) is 0 Å². The average Bonchev–Trinajstić information content (AvgIpc) is 2.72. The highest BCUT2D eigenvalue weighted by Crippen LogP contribution is 2.25. The number of rotatable bonds is 7. The molecule has 2 rings (SSSR count). The Morgan fingerprint density at radius 2 is 1.61 bits per heavy atom. The second-order valence-electron chi connectivity index (χ2n) is 10.5. The third kappa shape index (κ3) is 8.06. The first-order chi connectivity index (χ1) is 15.4. The summed E-state index contributed by atoms with van der Waals surface area (Å²) < 4.78 is 5.35. The summed E-state index contributed by atoms with van der Waals surface area (Å²) in [5.74, 6) is -0.714. The van der Waals surface area contributed by atoms with E-state index in [0.717, 1.165) is 36.8 Å². The van der Waals surface area contributed by atoms with Crippen LogP contribution >= 0.6 is 0 Å². The molecule has 1 aromatic rings. The van der Waals surface area contributed by atoms with Gasteiger partial charge in [-0.05, 0) is 52.0 Å². The van der Waals surface area contributed by atoms with Gasteiger partial charge in [-0.25, -0.2) is 4.79 Å². The number of likely N-dealkylation sites (N-methyl/N-ethyl adjacent to an activating group) is 1. The molecule has 0 aliphatic heterocycles. The Labute approximate surface area is 198 Å². The van der Waals surface area contributed by atoms with Crippen LogP contribution in [0.2, 0.25) is 0 Å². The highest BCUT2D eigenvalue weighted by molar-refractivity contribution is 5.92. The van der Waals surface area contributed by atoms with Crippen molar-refractivity contribution in [2.24, 2.45) is 5.92 Å². The molecule has 0 bridgehead atoms. The Kier molecular flexibility index (Phi) is 9.32. The molecular weight excluding hydrogens is 418 g/mol. The van der Waals surface area contributed by atoms with Crippen LogP contribution in [0.1, 0.15) is 83.9 Å². The van der Waals surface area contributed by atoms with Crippen molar-refractivity contribution in [3.05, 3.63) is 35.4 Å². The van der Waals surface area contributed by atoms with Crippen LogP contribution < -0.4 is 10.6 Å². The highest BCUT2D eigenvalue weighted by Gasteiger charge is 2.36. The van der Waals surface area contributed by atoms with Gasteiger partial charge in [0.05, 0.1) is 0 Å². The van der Waals surface area contributed by atoms with E-state index < -0.39 is 23.8 Å². The van der Waals surface area contributed by atoms with Gasteiger partial charge in [-0.1, -0.05) is 62.9 Å². The summed E-state index contributed by atoms with van der Waals surface area (Å²) in [6, 6.07) is 6.16. The lowest BCUT2D eigenvalue weighted by Gasteiger charge is -2.34. The lowest BCUT2D eigenvalue weighted by molar-refractivity contribution is -0.142. The van der Waals surface area contributed by atoms with Crippen molar-refractivity contribution in [3.63, 3.8) is 0 Å². The standard InChI is InChI=1S/C26H41N3O4/c1-17(2)21(28-25(32)33-26(4,5)6)24(31)29(7)22(19-15-13-18(3)14-16-19)23(30)27-20-11-9-8-10-12-20/h13-17,20-22H,8-12H2,1-7H3,(H,27,30)(H,28,32). The van der Waals surface area contributed by atoms with Gasteiger partial charge in [0.2, 0.25) is 11.8 Å². The van der Waals surface area contributed by atoms with Crippen LogP contribution in [0.25, 0.3) is 0 Å². The first kappa shape index (κ1) is 26.7. The Morgan fingerprint density at radius 1 is 1.03 bits per heavy atom. The van der Waals surface area contributed by atoms with Crippen LogP contribution in [0.3, 0.4) is 0 Å². The molecule has 7 nitrogen and oxygen atoms in total. The number of hydrogen-bond acceptors (Lipinski definition) is 4. The van der Waals surface area contributed by atoms with Gasteiger partial charge in [-0.2, -0.15) is 0 Å². The first-order valence-electron chi connectivity index (χ1n) is 12.0. The first-order valence-corrected chi connectivity index (χ1v) is 12.0. The average molecular weight is 460 g/mol. The zero-order valence-electron chi connectivity index (χ0n) is 21.2. The number of alkyl carbamates (subject to hydrolysis) is 1. The molecule has 0 saturated heterocycles. The summed E-state index contributed by atoms with van der Waals surface area (Å²) in [7, 11) is 1.62. The number of nitrogens with one attached hydrogen (secondary N) is 2. The minimum absolute atomic E-state index is 0.128. The number of aryl methyl sites for hydroxylation is 1. The van der Waals surface area contributed by atoms with Crippen LogP contribution in [0.15, 0.2) is 24.3 Å². The fourth-order valence-electron chi connectivity index (χ4n) is 4.12. The van der Waals surface area contributed by atoms with Gasteiger partial charge in [0.25, 0.3) is 0 Å². The topological polar surface area (TPSA) is 87.7 Å². The third-order valence-corrected chi connectivity index (χ3v) is 5.93. The normalized spacial score (nSPS) is 16.6. The maximum absolute atomic E-state index is 13.5. The molecule has 1 aromatic carbocycles. The summed E-state index contributed by atoms with van der Waals surface area (Å²) >= 11 is 0. The molecule has 0 heterocycles. The summed E-state index contributed by atoms with van der Waals surface area (Å²) in [5.41, 5.74) is 1.14. The highest BCUT2D eigenvalue weighted by atomic mass is 16.6. The molecule has 1 aliphatic rings. The molecule has 3 amide bonds. The van der Waals surface area contributed by atoms with E-state index in [-0.39, 0.29) is 23.8 Å². The second-order valence-corrected chi connectivity index (χ2v) is 10.5. The van der Waals surface area contributed by atoms with Gasteiger partial charge in [0.15, 0.2) is 0 Å². The van der Waals surface area contributed by atoms with Crippen molar-refractivity contribution in [3.8, 4) is 0 Å². The van der Waals surface area contributed by atoms with E-state index in [4.69, 9.17) is 4.74 Å². The van der Waals surface area contributed by atoms with E-state index in [9.17, 15) is 14.4 Å². The quantitative estimate of drug-likeness (QED) is 0.629. The lowest BCUT2D eigenvalue weighted by atomic mass is 9.94. The Morgan fingerprint density at radius 3 is 2.12 bits per heavy atom. The lowest BCUT2D eigenvalue weighted by Crippen LogP contribution is -2.54. The maximum atomic E-state index is 13.5. The van der Waals surface area contributed by atoms with Crippen molar-refractivity contribution in [1.82, 2.24) is 15.5 Å². The smallest absolute Gasteiger partial charge is 0.408 e. The zero-order chi connectivity index (χ0) is 24.8. The zero-order valence-corrected chi connectivity index (χ0v) is 21.2. The Hall–Kier alpha value is -2.57. The van der Waals surface area contributed by atoms with Crippen molar-refractivity contribution in [2.75, 3.05) is 7.05 Å². The summed E-state index contributed by atoms with van der Waals surface area (Å²) in [5, 5.41) is 5.87. The van der Waals surface area contributed by atoms with Gasteiger partial charge in [-0.3, -0.25) is 9.59 Å². The molecule has 1 aliphatic carbocycles. The van der Waals surface area contributed by atoms with Gasteiger partial charge in [0.1, 0.15) is 17.7 Å². The molecule has 2 atom stereocenters. The van der Waals surface area contributed by atoms with Crippen molar-refractivity contribution in [2.45, 2.75) is 97.4 Å². The van der Waals surface area contributed by atoms with Crippen molar-refractivity contribution >= 4 is 17.9 Å². The molecule has 1 saturated carbocycles. The van der Waals surface area contributed by atoms with E-state index >= 15 is 0 Å². The van der Waals surface area contributed by atoms with Crippen LogP contribution in [-0.2, 0) is 14.3 Å². The molecule has 0 radical (unpaired) electrons. The Bertz CT molecular complexity index is 808. The number of carbonyl (C=O) groups excluding carboxylic acids is 3. The van der Waals surface area contributed by atoms with Crippen molar-refractivity contribution < 1.29 is 19.1 Å². The van der Waals surface area contributed by atoms with Crippen molar-refractivity contribution in [1.29, 1.82) is 0 Å². The largest absolute Gasteiger partial charge is 0.444 e. The van der Waals surface area contributed by atoms with E-state index in [1.165, 1.54) is 11.3 Å². The summed E-state index contributed by atoms with van der Waals surface area (Å²) in [6.07, 6.45) is 4.66. The maximum Gasteiger partial charge on any atom is 0.408 e. The van der Waals surface area contributed by atoms with E-state index in [1.807, 2.05) is 45.0 Å². The van der Waals surface area contributed by atoms with Gasteiger partial charge in [0, 0.05) is 13.1 Å². The summed E-state index contributed by atoms with van der Waals surface area (Å²) in [4.78, 5) is 40.8. The van der Waals surface area contributed by atoms with Crippen LogP contribution in [0, 0.1) is 12.8 Å². The van der Waals surface area contributed by atoms with Gasteiger partial charge < -0.3 is 20.3 Å². The minimum atomic E-state index is -0.819. The van der Waals surface area contributed by atoms with E-state index in [1.54, 1.807) is 27.8 Å². The number of carbonyl (C=O) groups is 3. The SMILES string of the molecule is Cc1ccc(C(C(=O)NC2CCCCC2)N(C)C(=O)C(NC(=O)OC(C)(C)C)C(C)C)cc1. The number of ether oxygens (including phenoxy) is 1. The Balaban J connectivity index is 2.27. The summed E-state index contributed by atoms with van der Waals surface area (Å²) in [6.45, 7) is 11.0. The molecule has 0 spiro atoms. The second kappa shape index (κ2) is 11.5. The molecular formula is C26H41N3O4. The molecule has 1 fully saturated rings. The third-order valence-electron chi connectivity index (χ3n) is 5.93.